The summed E-state index contributed by atoms with van der Waals surface area (Å²) in [5.74, 6) is 5.24. The second-order valence-electron chi connectivity index (χ2n) is 3.43. The summed E-state index contributed by atoms with van der Waals surface area (Å²) in [6, 6.07) is 0. The van der Waals surface area contributed by atoms with Crippen molar-refractivity contribution in [1.82, 2.24) is 0 Å². The molecule has 0 aliphatic carbocycles. The lowest BCUT2D eigenvalue weighted by molar-refractivity contribution is 1.13. The van der Waals surface area contributed by atoms with Crippen LogP contribution in [0.1, 0.15) is 12.8 Å². The second kappa shape index (κ2) is 20.8. The molecule has 116 valence electrons. The van der Waals surface area contributed by atoms with Crippen molar-refractivity contribution in [3.63, 3.8) is 0 Å². The molecule has 0 nitrogen and oxygen atoms in total. The Labute approximate surface area is 154 Å². The maximum absolute atomic E-state index is 4.13. The lowest BCUT2D eigenvalue weighted by atomic mass is 10.6. The molecule has 0 aromatic rings. The Hall–Kier alpha value is 2.80. The topological polar surface area (TPSA) is 0 Å². The Balaban J connectivity index is 2.88. The summed E-state index contributed by atoms with van der Waals surface area (Å²) in [5, 5.41) is 4.90. The van der Waals surface area contributed by atoms with E-state index < -0.39 is 0 Å². The van der Waals surface area contributed by atoms with E-state index in [0.29, 0.717) is 0 Å². The van der Waals surface area contributed by atoms with Gasteiger partial charge in [0.2, 0.25) is 0 Å². The van der Waals surface area contributed by atoms with Crippen LogP contribution in [0.5, 0.6) is 0 Å². The predicted octanol–water partition coefficient (Wildman–Crippen LogP) is 6.20. The van der Waals surface area contributed by atoms with Crippen LogP contribution in [0, 0.1) is 0 Å². The fourth-order valence-electron chi connectivity index (χ4n) is 1.03. The molecule has 0 radical (unpaired) electrons. The summed E-state index contributed by atoms with van der Waals surface area (Å²) in [6.45, 7) is 0. The molecule has 19 heavy (non-hydrogen) atoms. The molecule has 0 aliphatic heterocycles. The van der Waals surface area contributed by atoms with E-state index in [-0.39, 0.29) is 0 Å². The lowest BCUT2D eigenvalue weighted by Crippen LogP contribution is -1.86. The van der Waals surface area contributed by atoms with Gasteiger partial charge in [0.25, 0.3) is 0 Å². The first-order chi connectivity index (χ1) is 9.41. The van der Waals surface area contributed by atoms with Gasteiger partial charge in [-0.05, 0) is 42.1 Å². The third kappa shape index (κ3) is 20.8. The number of thiol groups is 1. The van der Waals surface area contributed by atoms with Crippen molar-refractivity contribution in [3.8, 4) is 0 Å². The first-order valence-electron chi connectivity index (χ1n) is 6.05. The van der Waals surface area contributed by atoms with Crippen LogP contribution in [0.3, 0.4) is 0 Å². The van der Waals surface area contributed by atoms with E-state index >= 15 is 0 Å². The van der Waals surface area contributed by atoms with Gasteiger partial charge in [-0.15, -0.1) is 35.2 Å². The molecule has 0 saturated heterocycles. The molecule has 0 aromatic heterocycles. The molecule has 0 unspecified atom stereocenters. The van der Waals surface area contributed by atoms with Gasteiger partial charge in [-0.2, -0.15) is 47.0 Å². The highest BCUT2D eigenvalue weighted by molar-refractivity contribution is 8.70. The Kier molecular flexibility index (Phi) is 23.9. The van der Waals surface area contributed by atoms with E-state index in [1.165, 1.54) is 51.1 Å². The maximum atomic E-state index is 4.13. The minimum Gasteiger partial charge on any atom is -0.165 e. The lowest BCUT2D eigenvalue weighted by Gasteiger charge is -2.03. The molecule has 8 heteroatoms. The van der Waals surface area contributed by atoms with Gasteiger partial charge in [-0.3, -0.25) is 0 Å². The molecule has 0 N–H and O–H groups in total. The maximum Gasteiger partial charge on any atom is 0.0493 e. The molecular formula is C11H24S8. The summed E-state index contributed by atoms with van der Waals surface area (Å²) >= 11 is 16.4. The van der Waals surface area contributed by atoms with Gasteiger partial charge in [-0.25, -0.2) is 0 Å². The average Bonchev–Trinajstić information content (AvgIpc) is 2.43. The van der Waals surface area contributed by atoms with Crippen molar-refractivity contribution in [2.45, 2.75) is 12.8 Å². The zero-order chi connectivity index (χ0) is 14.0. The fourth-order valence-corrected chi connectivity index (χ4v) is 8.44. The molecule has 0 atom stereocenters. The first-order valence-corrected chi connectivity index (χ1v) is 15.3. The van der Waals surface area contributed by atoms with Crippen molar-refractivity contribution in [2.75, 3.05) is 49.6 Å². The predicted molar refractivity (Wildman–Crippen MR) is 116 cm³/mol. The van der Waals surface area contributed by atoms with Gasteiger partial charge < -0.3 is 0 Å². The monoisotopic (exact) mass is 412 g/mol. The zero-order valence-corrected chi connectivity index (χ0v) is 18.0. The Morgan fingerprint density at radius 1 is 0.632 bits per heavy atom. The van der Waals surface area contributed by atoms with Crippen molar-refractivity contribution >= 4 is 93.0 Å². The van der Waals surface area contributed by atoms with Crippen molar-refractivity contribution in [3.05, 3.63) is 0 Å². The normalized spacial score (nSPS) is 11.1. The molecule has 0 aromatic carbocycles. The SMILES string of the molecule is CSCCCSCSCSCSCCCSCSS. The van der Waals surface area contributed by atoms with Crippen molar-refractivity contribution in [1.29, 1.82) is 0 Å². The molecule has 0 saturated carbocycles. The zero-order valence-electron chi connectivity index (χ0n) is 11.4. The Morgan fingerprint density at radius 3 is 1.63 bits per heavy atom. The molecule has 0 bridgehead atoms. The minimum atomic E-state index is 1.12. The van der Waals surface area contributed by atoms with Crippen LogP contribution in [0.2, 0.25) is 0 Å². The Bertz CT molecular complexity index is 142. The van der Waals surface area contributed by atoms with Crippen LogP contribution in [0.15, 0.2) is 0 Å². The molecule has 0 rings (SSSR count). The molecule has 0 fully saturated rings. The van der Waals surface area contributed by atoms with Crippen LogP contribution >= 0.6 is 93.0 Å². The highest BCUT2D eigenvalue weighted by Crippen LogP contribution is 2.22. The van der Waals surface area contributed by atoms with Crippen molar-refractivity contribution < 1.29 is 0 Å². The summed E-state index contributed by atoms with van der Waals surface area (Å²) < 4.78 is 0. The van der Waals surface area contributed by atoms with Gasteiger partial charge >= 0.3 is 0 Å². The highest BCUT2D eigenvalue weighted by atomic mass is 33.1. The van der Waals surface area contributed by atoms with Crippen LogP contribution < -0.4 is 0 Å². The van der Waals surface area contributed by atoms with Crippen LogP contribution in [-0.4, -0.2) is 49.6 Å². The van der Waals surface area contributed by atoms with E-state index in [2.05, 4.69) is 65.0 Å². The van der Waals surface area contributed by atoms with Crippen LogP contribution in [0.4, 0.5) is 0 Å². The van der Waals surface area contributed by atoms with Gasteiger partial charge in [0, 0.05) is 20.3 Å². The van der Waals surface area contributed by atoms with Gasteiger partial charge in [-0.1, -0.05) is 10.8 Å². The molecule has 0 aliphatic rings. The summed E-state index contributed by atoms with van der Waals surface area (Å²) in [7, 11) is 1.63. The number of rotatable bonds is 16. The third-order valence-electron chi connectivity index (χ3n) is 1.85. The summed E-state index contributed by atoms with van der Waals surface area (Å²) in [6.07, 6.45) is 4.88. The molecular weight excluding hydrogens is 389 g/mol. The van der Waals surface area contributed by atoms with E-state index in [1.807, 2.05) is 23.5 Å². The van der Waals surface area contributed by atoms with Gasteiger partial charge in [0.15, 0.2) is 0 Å². The smallest absolute Gasteiger partial charge is 0.0493 e. The largest absolute Gasteiger partial charge is 0.165 e. The van der Waals surface area contributed by atoms with E-state index in [4.69, 9.17) is 0 Å². The molecule has 0 amide bonds. The third-order valence-corrected chi connectivity index (χ3v) is 10.3. The second-order valence-corrected chi connectivity index (χ2v) is 12.5. The first kappa shape index (κ1) is 21.8. The molecule has 0 heterocycles. The number of hydrogen-bond acceptors (Lipinski definition) is 8. The average molecular weight is 413 g/mol. The number of thioether (sulfide) groups is 6. The van der Waals surface area contributed by atoms with E-state index in [0.717, 1.165) is 5.08 Å². The van der Waals surface area contributed by atoms with E-state index in [1.54, 1.807) is 10.8 Å². The Morgan fingerprint density at radius 2 is 1.11 bits per heavy atom. The quantitative estimate of drug-likeness (QED) is 0.137. The van der Waals surface area contributed by atoms with Crippen LogP contribution in [-0.2, 0) is 0 Å². The summed E-state index contributed by atoms with van der Waals surface area (Å²) in [5.41, 5.74) is 0. The molecule has 0 spiro atoms. The van der Waals surface area contributed by atoms with Crippen molar-refractivity contribution in [2.24, 2.45) is 0 Å². The van der Waals surface area contributed by atoms with Gasteiger partial charge in [0.05, 0.1) is 0 Å². The van der Waals surface area contributed by atoms with E-state index in [9.17, 15) is 0 Å². The minimum absolute atomic E-state index is 1.12. The standard InChI is InChI=1S/C11H24S8/c1-13-4-2-5-14-8-17-10-18-9-15-6-3-7-16-11-19-12/h12H,2-11H2,1H3. The fraction of sp³-hybridized carbons (Fsp3) is 1.00. The summed E-state index contributed by atoms with van der Waals surface area (Å²) in [4.78, 5) is 0. The van der Waals surface area contributed by atoms with Crippen LogP contribution in [0.25, 0.3) is 0 Å². The number of hydrogen-bond donors (Lipinski definition) is 1. The van der Waals surface area contributed by atoms with Gasteiger partial charge in [0.1, 0.15) is 0 Å². The highest BCUT2D eigenvalue weighted by Gasteiger charge is 1.94.